The van der Waals surface area contributed by atoms with Gasteiger partial charge in [-0.1, -0.05) is 41.9 Å². The molecule has 0 fully saturated rings. The van der Waals surface area contributed by atoms with Crippen LogP contribution >= 0.6 is 15.9 Å². The number of hydrogen-bond donors (Lipinski definition) is 1. The van der Waals surface area contributed by atoms with Crippen LogP contribution in [0, 0.1) is 0 Å². The van der Waals surface area contributed by atoms with Gasteiger partial charge in [-0.2, -0.15) is 0 Å². The molecule has 3 heteroatoms. The Balaban J connectivity index is 3.21. The van der Waals surface area contributed by atoms with E-state index < -0.39 is 11.4 Å². The van der Waals surface area contributed by atoms with Crippen LogP contribution in [-0.4, -0.2) is 11.1 Å². The Bertz CT molecular complexity index is 408. The van der Waals surface area contributed by atoms with Gasteiger partial charge in [-0.25, -0.2) is 0 Å². The maximum Gasteiger partial charge on any atom is 0.313 e. The molecule has 2 nitrogen and oxygen atoms in total. The van der Waals surface area contributed by atoms with E-state index in [-0.39, 0.29) is 0 Å². The smallest absolute Gasteiger partial charge is 0.313 e. The van der Waals surface area contributed by atoms with Crippen LogP contribution in [0.1, 0.15) is 44.7 Å². The molecular formula is C13H17BrO2. The van der Waals surface area contributed by atoms with Gasteiger partial charge in [0, 0.05) is 4.47 Å². The second-order valence-corrected chi connectivity index (χ2v) is 5.68. The molecule has 0 saturated carbocycles. The number of benzene rings is 1. The minimum absolute atomic E-state index is 0.427. The molecule has 0 amide bonds. The highest BCUT2D eigenvalue weighted by molar-refractivity contribution is 9.10. The fourth-order valence-electron chi connectivity index (χ4n) is 1.51. The van der Waals surface area contributed by atoms with E-state index >= 15 is 0 Å². The van der Waals surface area contributed by atoms with Crippen molar-refractivity contribution in [1.82, 2.24) is 0 Å². The summed E-state index contributed by atoms with van der Waals surface area (Å²) in [5.41, 5.74) is 1.17. The molecule has 0 spiro atoms. The first kappa shape index (κ1) is 13.2. The lowest BCUT2D eigenvalue weighted by molar-refractivity contribution is -0.142. The predicted octanol–water partition coefficient (Wildman–Crippen LogP) is 3.93. The topological polar surface area (TPSA) is 37.3 Å². The van der Waals surface area contributed by atoms with E-state index in [4.69, 9.17) is 5.11 Å². The summed E-state index contributed by atoms with van der Waals surface area (Å²) in [5.74, 6) is -0.381. The van der Waals surface area contributed by atoms with Crippen LogP contribution in [0.3, 0.4) is 0 Å². The Kier molecular flexibility index (Phi) is 3.79. The zero-order valence-corrected chi connectivity index (χ0v) is 11.6. The molecule has 0 aromatic heterocycles. The summed E-state index contributed by atoms with van der Waals surface area (Å²) < 4.78 is 0.981. The van der Waals surface area contributed by atoms with Crippen molar-refractivity contribution in [1.29, 1.82) is 0 Å². The van der Waals surface area contributed by atoms with E-state index in [0.29, 0.717) is 5.92 Å². The van der Waals surface area contributed by atoms with E-state index in [1.807, 2.05) is 18.2 Å². The monoisotopic (exact) mass is 284 g/mol. The third-order valence-corrected chi connectivity index (χ3v) is 3.57. The van der Waals surface area contributed by atoms with Crippen molar-refractivity contribution in [2.45, 2.75) is 39.0 Å². The lowest BCUT2D eigenvalue weighted by Crippen LogP contribution is -2.28. The van der Waals surface area contributed by atoms with Gasteiger partial charge in [-0.15, -0.1) is 0 Å². The van der Waals surface area contributed by atoms with Gasteiger partial charge in [-0.05, 0) is 37.0 Å². The second kappa shape index (κ2) is 4.58. The summed E-state index contributed by atoms with van der Waals surface area (Å²) in [6.07, 6.45) is 0. The molecule has 0 bridgehead atoms. The summed E-state index contributed by atoms with van der Waals surface area (Å²) in [7, 11) is 0. The predicted molar refractivity (Wildman–Crippen MR) is 68.9 cm³/mol. The SMILES string of the molecule is CC(C)c1ccc(C(C)(C)C(=O)O)cc1Br. The maximum atomic E-state index is 11.1. The van der Waals surface area contributed by atoms with Gasteiger partial charge >= 0.3 is 5.97 Å². The lowest BCUT2D eigenvalue weighted by atomic mass is 9.84. The molecule has 0 aliphatic rings. The summed E-state index contributed by atoms with van der Waals surface area (Å²) in [6.45, 7) is 7.66. The van der Waals surface area contributed by atoms with E-state index in [9.17, 15) is 4.79 Å². The third-order valence-electron chi connectivity index (χ3n) is 2.88. The summed E-state index contributed by atoms with van der Waals surface area (Å²) >= 11 is 3.50. The van der Waals surface area contributed by atoms with Crippen LogP contribution in [0.2, 0.25) is 0 Å². The molecule has 0 saturated heterocycles. The number of carboxylic acid groups (broad SMARTS) is 1. The van der Waals surface area contributed by atoms with Gasteiger partial charge in [0.15, 0.2) is 0 Å². The first-order chi connectivity index (χ1) is 7.26. The van der Waals surface area contributed by atoms with Gasteiger partial charge in [0.05, 0.1) is 5.41 Å². The number of hydrogen-bond acceptors (Lipinski definition) is 1. The molecule has 0 radical (unpaired) electrons. The minimum atomic E-state index is -0.849. The van der Waals surface area contributed by atoms with Crippen molar-refractivity contribution in [3.05, 3.63) is 33.8 Å². The molecule has 1 N–H and O–H groups in total. The van der Waals surface area contributed by atoms with Gasteiger partial charge in [-0.3, -0.25) is 4.79 Å². The molecule has 1 aromatic carbocycles. The van der Waals surface area contributed by atoms with Crippen LogP contribution in [-0.2, 0) is 10.2 Å². The van der Waals surface area contributed by atoms with Gasteiger partial charge in [0.1, 0.15) is 0 Å². The van der Waals surface area contributed by atoms with Crippen LogP contribution in [0.25, 0.3) is 0 Å². The highest BCUT2D eigenvalue weighted by atomic mass is 79.9. The molecular weight excluding hydrogens is 268 g/mol. The van der Waals surface area contributed by atoms with Crippen molar-refractivity contribution in [3.63, 3.8) is 0 Å². The number of aliphatic carboxylic acids is 1. The highest BCUT2D eigenvalue weighted by Crippen LogP contribution is 2.31. The number of halogens is 1. The first-order valence-electron chi connectivity index (χ1n) is 5.30. The molecule has 0 atom stereocenters. The first-order valence-corrected chi connectivity index (χ1v) is 6.09. The van der Waals surface area contributed by atoms with E-state index in [1.165, 1.54) is 5.56 Å². The Morgan fingerprint density at radius 2 is 1.94 bits per heavy atom. The number of carboxylic acids is 1. The third kappa shape index (κ3) is 2.46. The molecule has 1 aromatic rings. The van der Waals surface area contributed by atoms with Crippen LogP contribution < -0.4 is 0 Å². The van der Waals surface area contributed by atoms with Crippen molar-refractivity contribution in [2.75, 3.05) is 0 Å². The fourth-order valence-corrected chi connectivity index (χ4v) is 2.34. The largest absolute Gasteiger partial charge is 0.481 e. The second-order valence-electron chi connectivity index (χ2n) is 4.82. The zero-order chi connectivity index (χ0) is 12.5. The van der Waals surface area contributed by atoms with Gasteiger partial charge in [0.25, 0.3) is 0 Å². The van der Waals surface area contributed by atoms with Crippen LogP contribution in [0.15, 0.2) is 22.7 Å². The van der Waals surface area contributed by atoms with Crippen molar-refractivity contribution < 1.29 is 9.90 Å². The van der Waals surface area contributed by atoms with Crippen molar-refractivity contribution >= 4 is 21.9 Å². The molecule has 0 unspecified atom stereocenters. The summed E-state index contributed by atoms with van der Waals surface area (Å²) in [5, 5.41) is 9.15. The Morgan fingerprint density at radius 1 is 1.38 bits per heavy atom. The minimum Gasteiger partial charge on any atom is -0.481 e. The average Bonchev–Trinajstić information content (AvgIpc) is 2.16. The molecule has 16 heavy (non-hydrogen) atoms. The normalized spacial score (nSPS) is 11.9. The van der Waals surface area contributed by atoms with Crippen molar-refractivity contribution in [2.24, 2.45) is 0 Å². The van der Waals surface area contributed by atoms with Crippen LogP contribution in [0.5, 0.6) is 0 Å². The summed E-state index contributed by atoms with van der Waals surface area (Å²) in [6, 6.07) is 5.80. The van der Waals surface area contributed by atoms with E-state index in [2.05, 4.69) is 29.8 Å². The average molecular weight is 285 g/mol. The Hall–Kier alpha value is -0.830. The zero-order valence-electron chi connectivity index (χ0n) is 10.0. The van der Waals surface area contributed by atoms with Crippen LogP contribution in [0.4, 0.5) is 0 Å². The molecule has 0 aliphatic heterocycles. The van der Waals surface area contributed by atoms with Gasteiger partial charge in [0.2, 0.25) is 0 Å². The standard InChI is InChI=1S/C13H17BrO2/c1-8(2)10-6-5-9(7-11(10)14)13(3,4)12(15)16/h5-8H,1-4H3,(H,15,16). The molecule has 1 rings (SSSR count). The highest BCUT2D eigenvalue weighted by Gasteiger charge is 2.29. The van der Waals surface area contributed by atoms with Gasteiger partial charge < -0.3 is 5.11 Å². The maximum absolute atomic E-state index is 11.1. The fraction of sp³-hybridized carbons (Fsp3) is 0.462. The Labute approximate surface area is 105 Å². The molecule has 0 aliphatic carbocycles. The van der Waals surface area contributed by atoms with E-state index in [0.717, 1.165) is 10.0 Å². The van der Waals surface area contributed by atoms with Crippen molar-refractivity contribution in [3.8, 4) is 0 Å². The molecule has 88 valence electrons. The molecule has 0 heterocycles. The number of carbonyl (C=O) groups is 1. The lowest BCUT2D eigenvalue weighted by Gasteiger charge is -2.21. The quantitative estimate of drug-likeness (QED) is 0.913. The Morgan fingerprint density at radius 3 is 2.31 bits per heavy atom. The summed E-state index contributed by atoms with van der Waals surface area (Å²) in [4.78, 5) is 11.1. The van der Waals surface area contributed by atoms with E-state index in [1.54, 1.807) is 13.8 Å². The number of rotatable bonds is 3.